The maximum absolute atomic E-state index is 13.3. The van der Waals surface area contributed by atoms with Crippen LogP contribution in [0.25, 0.3) is 10.9 Å². The molecule has 1 aromatic carbocycles. The molecule has 1 aliphatic carbocycles. The Balaban J connectivity index is 1.45. The largest absolute Gasteiger partial charge is 0.490 e. The molecule has 4 rings (SSSR count). The Morgan fingerprint density at radius 2 is 1.92 bits per heavy atom. The van der Waals surface area contributed by atoms with Crippen LogP contribution >= 0.6 is 0 Å². The van der Waals surface area contributed by atoms with Crippen LogP contribution in [0.5, 0.6) is 5.75 Å². The molecular formula is C28H38N4O4. The SMILES string of the molecule is CC(C)CC(C#N)NC(=O)[C@@H]1CCCC[C@@H]1NC(=O)c1cc2ccc(OC3CCOCC3)cc2n1C. The van der Waals surface area contributed by atoms with E-state index in [9.17, 15) is 14.9 Å². The molecule has 194 valence electrons. The summed E-state index contributed by atoms with van der Waals surface area (Å²) in [7, 11) is 1.88. The number of benzene rings is 1. The van der Waals surface area contributed by atoms with Crippen molar-refractivity contribution < 1.29 is 19.1 Å². The average molecular weight is 495 g/mol. The molecule has 0 radical (unpaired) electrons. The number of amides is 2. The minimum atomic E-state index is -0.508. The lowest BCUT2D eigenvalue weighted by atomic mass is 9.83. The van der Waals surface area contributed by atoms with Gasteiger partial charge in [0.2, 0.25) is 5.91 Å². The van der Waals surface area contributed by atoms with Gasteiger partial charge in [0, 0.05) is 37.4 Å². The molecule has 2 fully saturated rings. The van der Waals surface area contributed by atoms with Gasteiger partial charge in [0.25, 0.3) is 5.91 Å². The van der Waals surface area contributed by atoms with E-state index in [0.717, 1.165) is 62.0 Å². The molecule has 2 aliphatic rings. The van der Waals surface area contributed by atoms with Crippen molar-refractivity contribution in [2.45, 2.75) is 77.0 Å². The first kappa shape index (κ1) is 26.0. The highest BCUT2D eigenvalue weighted by Gasteiger charge is 2.33. The van der Waals surface area contributed by atoms with Gasteiger partial charge < -0.3 is 24.7 Å². The zero-order valence-corrected chi connectivity index (χ0v) is 21.6. The van der Waals surface area contributed by atoms with E-state index >= 15 is 0 Å². The van der Waals surface area contributed by atoms with Crippen LogP contribution in [0.2, 0.25) is 0 Å². The normalized spacial score (nSPS) is 21.6. The predicted molar refractivity (Wildman–Crippen MR) is 138 cm³/mol. The van der Waals surface area contributed by atoms with E-state index in [2.05, 4.69) is 16.7 Å². The van der Waals surface area contributed by atoms with Gasteiger partial charge in [-0.25, -0.2) is 0 Å². The summed E-state index contributed by atoms with van der Waals surface area (Å²) < 4.78 is 13.4. The molecule has 8 nitrogen and oxygen atoms in total. The summed E-state index contributed by atoms with van der Waals surface area (Å²) in [6, 6.07) is 9.23. The summed E-state index contributed by atoms with van der Waals surface area (Å²) in [4.78, 5) is 26.4. The molecule has 0 spiro atoms. The van der Waals surface area contributed by atoms with Crippen molar-refractivity contribution in [2.75, 3.05) is 13.2 Å². The van der Waals surface area contributed by atoms with Crippen molar-refractivity contribution in [1.29, 1.82) is 5.26 Å². The Bertz CT molecular complexity index is 1110. The number of nitrogens with one attached hydrogen (secondary N) is 2. The average Bonchev–Trinajstić information content (AvgIpc) is 3.20. The standard InChI is InChI=1S/C28H38N4O4/c1-18(2)14-20(17-29)30-27(33)23-6-4-5-7-24(23)31-28(34)26-15-19-8-9-22(16-25(19)32(26)3)36-21-10-12-35-13-11-21/h8-9,15-16,18,20-21,23-24H,4-7,10-14H2,1-3H3,(H,30,33)(H,31,34)/t20?,23-,24+/m1/s1. The van der Waals surface area contributed by atoms with Gasteiger partial charge in [0.1, 0.15) is 23.6 Å². The number of nitriles is 1. The summed E-state index contributed by atoms with van der Waals surface area (Å²) in [5.41, 5.74) is 1.47. The maximum atomic E-state index is 13.3. The van der Waals surface area contributed by atoms with Crippen LogP contribution < -0.4 is 15.4 Å². The van der Waals surface area contributed by atoms with Crippen LogP contribution in [0, 0.1) is 23.2 Å². The number of carbonyl (C=O) groups is 2. The third-order valence-electron chi connectivity index (χ3n) is 7.32. The molecule has 8 heteroatoms. The van der Waals surface area contributed by atoms with Gasteiger partial charge >= 0.3 is 0 Å². The number of fused-ring (bicyclic) bond motifs is 1. The molecule has 0 bridgehead atoms. The van der Waals surface area contributed by atoms with Crippen LogP contribution in [-0.2, 0) is 16.6 Å². The van der Waals surface area contributed by atoms with Crippen LogP contribution in [-0.4, -0.2) is 47.8 Å². The smallest absolute Gasteiger partial charge is 0.268 e. The van der Waals surface area contributed by atoms with Crippen molar-refractivity contribution in [3.8, 4) is 11.8 Å². The maximum Gasteiger partial charge on any atom is 0.268 e. The lowest BCUT2D eigenvalue weighted by Gasteiger charge is -2.32. The molecule has 2 amide bonds. The minimum absolute atomic E-state index is 0.140. The van der Waals surface area contributed by atoms with E-state index in [4.69, 9.17) is 9.47 Å². The predicted octanol–water partition coefficient (Wildman–Crippen LogP) is 4.08. The van der Waals surface area contributed by atoms with Crippen molar-refractivity contribution in [3.63, 3.8) is 0 Å². The molecule has 2 N–H and O–H groups in total. The fourth-order valence-corrected chi connectivity index (χ4v) is 5.34. The van der Waals surface area contributed by atoms with Gasteiger partial charge in [-0.1, -0.05) is 26.7 Å². The van der Waals surface area contributed by atoms with Gasteiger partial charge in [0.05, 0.1) is 30.7 Å². The van der Waals surface area contributed by atoms with Crippen molar-refractivity contribution >= 4 is 22.7 Å². The fourth-order valence-electron chi connectivity index (χ4n) is 5.34. The van der Waals surface area contributed by atoms with Crippen molar-refractivity contribution in [1.82, 2.24) is 15.2 Å². The van der Waals surface area contributed by atoms with Gasteiger partial charge in [0.15, 0.2) is 0 Å². The van der Waals surface area contributed by atoms with Gasteiger partial charge in [-0.15, -0.1) is 0 Å². The first-order valence-corrected chi connectivity index (χ1v) is 13.2. The molecular weight excluding hydrogens is 456 g/mol. The quantitative estimate of drug-likeness (QED) is 0.575. The molecule has 1 aliphatic heterocycles. The molecule has 1 saturated heterocycles. The van der Waals surface area contributed by atoms with Crippen LogP contribution in [0.1, 0.15) is 69.3 Å². The Hall–Kier alpha value is -3.05. The Morgan fingerprint density at radius 1 is 1.17 bits per heavy atom. The van der Waals surface area contributed by atoms with Gasteiger partial charge in [-0.3, -0.25) is 9.59 Å². The highest BCUT2D eigenvalue weighted by molar-refractivity contribution is 5.99. The van der Waals surface area contributed by atoms with E-state index < -0.39 is 6.04 Å². The fraction of sp³-hybridized carbons (Fsp3) is 0.607. The number of hydrogen-bond acceptors (Lipinski definition) is 5. The van der Waals surface area contributed by atoms with Gasteiger partial charge in [-0.05, 0) is 43.4 Å². The zero-order valence-electron chi connectivity index (χ0n) is 21.6. The monoisotopic (exact) mass is 494 g/mol. The van der Waals surface area contributed by atoms with Gasteiger partial charge in [-0.2, -0.15) is 5.26 Å². The second-order valence-electron chi connectivity index (χ2n) is 10.5. The van der Waals surface area contributed by atoms with Crippen LogP contribution in [0.4, 0.5) is 0 Å². The summed E-state index contributed by atoms with van der Waals surface area (Å²) >= 11 is 0. The first-order chi connectivity index (χ1) is 17.4. The van der Waals surface area contributed by atoms with Crippen molar-refractivity contribution in [3.05, 3.63) is 30.0 Å². The Labute approximate surface area is 213 Å². The second-order valence-corrected chi connectivity index (χ2v) is 10.5. The first-order valence-electron chi connectivity index (χ1n) is 13.2. The number of aromatic nitrogens is 1. The molecule has 3 atom stereocenters. The second kappa shape index (κ2) is 11.8. The summed E-state index contributed by atoms with van der Waals surface area (Å²) in [6.07, 6.45) is 5.87. The minimum Gasteiger partial charge on any atom is -0.490 e. The van der Waals surface area contributed by atoms with E-state index in [1.807, 2.05) is 49.7 Å². The lowest BCUT2D eigenvalue weighted by Crippen LogP contribution is -2.50. The Morgan fingerprint density at radius 3 is 2.64 bits per heavy atom. The van der Waals surface area contributed by atoms with E-state index in [1.54, 1.807) is 0 Å². The van der Waals surface area contributed by atoms with E-state index in [0.29, 0.717) is 24.5 Å². The molecule has 2 heterocycles. The number of ether oxygens (including phenoxy) is 2. The van der Waals surface area contributed by atoms with Crippen LogP contribution in [0.3, 0.4) is 0 Å². The summed E-state index contributed by atoms with van der Waals surface area (Å²) in [5, 5.41) is 16.4. The van der Waals surface area contributed by atoms with E-state index in [-0.39, 0.29) is 29.9 Å². The van der Waals surface area contributed by atoms with Crippen molar-refractivity contribution in [2.24, 2.45) is 18.9 Å². The number of carbonyl (C=O) groups excluding carboxylic acids is 2. The third-order valence-corrected chi connectivity index (χ3v) is 7.32. The topological polar surface area (TPSA) is 105 Å². The molecule has 1 unspecified atom stereocenters. The zero-order chi connectivity index (χ0) is 25.7. The summed E-state index contributed by atoms with van der Waals surface area (Å²) in [6.45, 7) is 5.50. The highest BCUT2D eigenvalue weighted by Crippen LogP contribution is 2.28. The number of hydrogen-bond donors (Lipinski definition) is 2. The lowest BCUT2D eigenvalue weighted by molar-refractivity contribution is -0.127. The third kappa shape index (κ3) is 6.19. The number of rotatable bonds is 8. The molecule has 36 heavy (non-hydrogen) atoms. The highest BCUT2D eigenvalue weighted by atomic mass is 16.5. The van der Waals surface area contributed by atoms with Crippen LogP contribution in [0.15, 0.2) is 24.3 Å². The molecule has 2 aromatic rings. The van der Waals surface area contributed by atoms with E-state index in [1.165, 1.54) is 0 Å². The number of nitrogens with zero attached hydrogens (tertiary/aromatic N) is 2. The Kier molecular flexibility index (Phi) is 8.52. The summed E-state index contributed by atoms with van der Waals surface area (Å²) in [5.74, 6) is 0.439. The molecule has 1 aromatic heterocycles. The molecule has 1 saturated carbocycles. The number of aryl methyl sites for hydroxylation is 1.